The lowest BCUT2D eigenvalue weighted by atomic mass is 10.0. The number of hydrogen-bond donors (Lipinski definition) is 2. The van der Waals surface area contributed by atoms with Gasteiger partial charge in [0, 0.05) is 59.1 Å². The number of carboxylic acids is 2. The van der Waals surface area contributed by atoms with Gasteiger partial charge < -0.3 is 29.2 Å². The number of imidazole rings is 1. The molecule has 0 bridgehead atoms. The topological polar surface area (TPSA) is 162 Å². The summed E-state index contributed by atoms with van der Waals surface area (Å²) in [7, 11) is 0. The van der Waals surface area contributed by atoms with E-state index in [1.807, 2.05) is 24.3 Å². The fourth-order valence-electron chi connectivity index (χ4n) is 10.0. The van der Waals surface area contributed by atoms with Crippen molar-refractivity contribution in [2.45, 2.75) is 104 Å². The summed E-state index contributed by atoms with van der Waals surface area (Å²) in [4.78, 5) is 36.4. The van der Waals surface area contributed by atoms with Gasteiger partial charge >= 0.3 is 11.9 Å². The van der Waals surface area contributed by atoms with Gasteiger partial charge in [-0.25, -0.2) is 14.6 Å². The van der Waals surface area contributed by atoms with E-state index in [0.29, 0.717) is 23.0 Å². The van der Waals surface area contributed by atoms with Gasteiger partial charge in [-0.3, -0.25) is 0 Å². The van der Waals surface area contributed by atoms with E-state index in [0.717, 1.165) is 138 Å². The molecule has 0 fully saturated rings. The zero-order chi connectivity index (χ0) is 59.5. The van der Waals surface area contributed by atoms with E-state index >= 15 is 0 Å². The van der Waals surface area contributed by atoms with Gasteiger partial charge in [0.05, 0.1) is 29.5 Å². The summed E-state index contributed by atoms with van der Waals surface area (Å²) >= 11 is 4.55. The molecule has 0 atom stereocenters. The molecular formula is C71H69N5O6S3. The minimum atomic E-state index is -1.26. The first-order valence-corrected chi connectivity index (χ1v) is 31.7. The number of aliphatic carboxylic acids is 2. The summed E-state index contributed by atoms with van der Waals surface area (Å²) in [6.45, 7) is 8.80. The lowest BCUT2D eigenvalue weighted by Crippen LogP contribution is -2.10. The molecule has 0 unspecified atom stereocenters. The molecule has 14 heteroatoms. The number of benzene rings is 5. The zero-order valence-corrected chi connectivity index (χ0v) is 50.7. The average molecular weight is 1180 g/mol. The number of carbonyl (C=O) groups is 2. The predicted molar refractivity (Wildman–Crippen MR) is 349 cm³/mol. The van der Waals surface area contributed by atoms with Crippen LogP contribution in [0.2, 0.25) is 0 Å². The SMILES string of the molecule is CCCCCCOc1ccc(N(c2ccc(OCCCCCC)cc2)c2ccc(-c3ccc(-c4nc(-c5ccc(-c6ccc(/C=C(/C#N)C(=O)O)s6)cc5)c(-c5ccc(-c6ccc(/C=C(/C#N)C(=O)O)s6)cc5)n4CCCCCC)s3)cc2)cc1. The molecule has 0 aliphatic carbocycles. The monoisotopic (exact) mass is 1180 g/mol. The number of nitriles is 2. The molecule has 0 radical (unpaired) electrons. The summed E-state index contributed by atoms with van der Waals surface area (Å²) in [6.07, 6.45) is 16.3. The van der Waals surface area contributed by atoms with Crippen molar-refractivity contribution in [1.82, 2.24) is 9.55 Å². The normalized spacial score (nSPS) is 11.5. The molecule has 0 saturated carbocycles. The standard InChI is InChI=1S/C71H69N5O6S3/c1-4-7-10-13-42-75-68(53-22-18-50(19-23-53)64-39-37-62(84-64)46-55(48-73)71(79)80)67(52-20-16-49(17-21-52)63-38-36-61(83-63)45-54(47-72)70(77)78)74-69(75)66-41-40-65(85-66)51-24-26-56(27-25-51)76(57-28-32-59(33-29-57)81-43-14-11-8-5-2)58-30-34-60(35-31-58)82-44-15-12-9-6-3/h16-41,45-46H,4-15,42-44H2,1-3H3,(H,77,78)(H,79,80)/b54-45-,55-46-. The number of unbranched alkanes of at least 4 members (excludes halogenated alkanes) is 9. The van der Waals surface area contributed by atoms with Crippen LogP contribution < -0.4 is 14.4 Å². The van der Waals surface area contributed by atoms with Crippen molar-refractivity contribution in [3.05, 3.63) is 179 Å². The first kappa shape index (κ1) is 60.8. The Kier molecular flexibility index (Phi) is 21.6. The maximum Gasteiger partial charge on any atom is 0.346 e. The fraction of sp³-hybridized carbons (Fsp3) is 0.254. The van der Waals surface area contributed by atoms with E-state index in [2.05, 4.69) is 164 Å². The number of aromatic nitrogens is 2. The molecule has 4 heterocycles. The maximum atomic E-state index is 11.6. The smallest absolute Gasteiger partial charge is 0.346 e. The van der Waals surface area contributed by atoms with Gasteiger partial charge in [0.25, 0.3) is 0 Å². The van der Waals surface area contributed by atoms with Crippen LogP contribution in [0.1, 0.15) is 108 Å². The molecule has 0 spiro atoms. The number of nitrogens with zero attached hydrogens (tertiary/aromatic N) is 5. The Morgan fingerprint density at radius 3 is 1.32 bits per heavy atom. The minimum Gasteiger partial charge on any atom is -0.494 e. The Morgan fingerprint density at radius 2 is 0.871 bits per heavy atom. The Labute approximate surface area is 510 Å². The number of ether oxygens (including phenoxy) is 2. The van der Waals surface area contributed by atoms with Gasteiger partial charge in [-0.15, -0.1) is 34.0 Å². The summed E-state index contributed by atoms with van der Waals surface area (Å²) in [6, 6.07) is 57.6. The van der Waals surface area contributed by atoms with E-state index in [4.69, 9.17) is 14.5 Å². The van der Waals surface area contributed by atoms with Crippen molar-refractivity contribution in [1.29, 1.82) is 10.5 Å². The summed E-state index contributed by atoms with van der Waals surface area (Å²) in [5.74, 6) is 0.0696. The molecule has 4 aromatic heterocycles. The third kappa shape index (κ3) is 15.7. The van der Waals surface area contributed by atoms with Crippen molar-refractivity contribution in [3.63, 3.8) is 0 Å². The highest BCUT2D eigenvalue weighted by molar-refractivity contribution is 7.18. The van der Waals surface area contributed by atoms with E-state index in [-0.39, 0.29) is 11.1 Å². The van der Waals surface area contributed by atoms with Gasteiger partial charge in [-0.2, -0.15) is 10.5 Å². The molecular weight excluding hydrogens is 1120 g/mol. The Morgan fingerprint density at radius 1 is 0.482 bits per heavy atom. The number of rotatable bonds is 30. The van der Waals surface area contributed by atoms with E-state index in [9.17, 15) is 30.3 Å². The summed E-state index contributed by atoms with van der Waals surface area (Å²) in [5, 5.41) is 37.7. The van der Waals surface area contributed by atoms with Crippen molar-refractivity contribution < 1.29 is 29.3 Å². The van der Waals surface area contributed by atoms with Crippen LogP contribution in [-0.2, 0) is 16.1 Å². The highest BCUT2D eigenvalue weighted by atomic mass is 32.1. The molecule has 85 heavy (non-hydrogen) atoms. The maximum absolute atomic E-state index is 11.6. The van der Waals surface area contributed by atoms with Crippen LogP contribution in [0.5, 0.6) is 11.5 Å². The van der Waals surface area contributed by atoms with Gasteiger partial charge in [-0.1, -0.05) is 139 Å². The summed E-state index contributed by atoms with van der Waals surface area (Å²) < 4.78 is 14.7. The number of hydrogen-bond acceptors (Lipinski definition) is 11. The number of carboxylic acid groups (broad SMARTS) is 2. The molecule has 0 aliphatic rings. The number of thiophene rings is 3. The van der Waals surface area contributed by atoms with Gasteiger partial charge in [0.2, 0.25) is 0 Å². The van der Waals surface area contributed by atoms with Crippen LogP contribution >= 0.6 is 34.0 Å². The van der Waals surface area contributed by atoms with E-state index < -0.39 is 11.9 Å². The van der Waals surface area contributed by atoms with Crippen molar-refractivity contribution in [2.24, 2.45) is 0 Å². The van der Waals surface area contributed by atoms with Crippen molar-refractivity contribution in [3.8, 4) is 88.2 Å². The highest BCUT2D eigenvalue weighted by Crippen LogP contribution is 2.44. The average Bonchev–Trinajstić information content (AvgIpc) is 2.83. The molecule has 2 N–H and O–H groups in total. The quantitative estimate of drug-likeness (QED) is 0.0252. The van der Waals surface area contributed by atoms with Crippen LogP contribution in [0, 0.1) is 22.7 Å². The third-order valence-electron chi connectivity index (χ3n) is 14.6. The van der Waals surface area contributed by atoms with Gasteiger partial charge in [-0.05, 0) is 145 Å². The van der Waals surface area contributed by atoms with Crippen LogP contribution in [-0.4, -0.2) is 44.9 Å². The molecule has 0 amide bonds. The molecule has 0 saturated heterocycles. The highest BCUT2D eigenvalue weighted by Gasteiger charge is 2.24. The third-order valence-corrected chi connectivity index (χ3v) is 17.9. The zero-order valence-electron chi connectivity index (χ0n) is 48.3. The fourth-order valence-corrected chi connectivity index (χ4v) is 13.0. The lowest BCUT2D eigenvalue weighted by molar-refractivity contribution is -0.133. The molecule has 432 valence electrons. The summed E-state index contributed by atoms with van der Waals surface area (Å²) in [5.41, 5.74) is 9.14. The molecule has 9 rings (SSSR count). The second kappa shape index (κ2) is 30.1. The Hall–Kier alpha value is -8.79. The Balaban J connectivity index is 1.07. The first-order chi connectivity index (χ1) is 41.6. The largest absolute Gasteiger partial charge is 0.494 e. The van der Waals surface area contributed by atoms with Gasteiger partial charge in [0.1, 0.15) is 34.8 Å². The van der Waals surface area contributed by atoms with Gasteiger partial charge in [0.15, 0.2) is 5.82 Å². The van der Waals surface area contributed by atoms with Crippen LogP contribution in [0.15, 0.2) is 169 Å². The predicted octanol–water partition coefficient (Wildman–Crippen LogP) is 20.0. The molecule has 9 aromatic rings. The second-order valence-corrected chi connectivity index (χ2v) is 24.0. The van der Waals surface area contributed by atoms with Crippen molar-refractivity contribution >= 4 is 75.2 Å². The van der Waals surface area contributed by atoms with Crippen LogP contribution in [0.4, 0.5) is 17.1 Å². The Bertz CT molecular complexity index is 3760. The lowest BCUT2D eigenvalue weighted by Gasteiger charge is -2.26. The van der Waals surface area contributed by atoms with Crippen molar-refractivity contribution in [2.75, 3.05) is 18.1 Å². The van der Waals surface area contributed by atoms with E-state index in [1.54, 1.807) is 23.5 Å². The minimum absolute atomic E-state index is 0.319. The first-order valence-electron chi connectivity index (χ1n) is 29.3. The molecule has 5 aromatic carbocycles. The number of anilines is 3. The second-order valence-electron chi connectivity index (χ2n) is 20.7. The van der Waals surface area contributed by atoms with Crippen LogP contribution in [0.3, 0.4) is 0 Å². The molecule has 11 nitrogen and oxygen atoms in total. The van der Waals surface area contributed by atoms with Crippen LogP contribution in [0.25, 0.3) is 76.7 Å². The molecule has 0 aliphatic heterocycles. The van der Waals surface area contributed by atoms with E-state index in [1.165, 1.54) is 73.4 Å².